The topological polar surface area (TPSA) is 109 Å². The smallest absolute Gasteiger partial charge is 0.308 e. The Morgan fingerprint density at radius 1 is 1.21 bits per heavy atom. The average molecular weight is 531 g/mol. The van der Waals surface area contributed by atoms with Crippen molar-refractivity contribution < 1.29 is 28.9 Å². The maximum atomic E-state index is 13.1. The SMILES string of the molecule is COc1cc(C2N(C(C)=O)c3ccccc3-c3c([O-])nc(SC)n[n+]32)c(Br)cc1OC(C)=O. The molecule has 0 saturated heterocycles. The van der Waals surface area contributed by atoms with Crippen molar-refractivity contribution in [3.8, 4) is 28.6 Å². The third-order valence-electron chi connectivity index (χ3n) is 5.05. The second-order valence-electron chi connectivity index (χ2n) is 7.09. The fourth-order valence-corrected chi connectivity index (χ4v) is 4.66. The molecule has 4 rings (SSSR count). The van der Waals surface area contributed by atoms with Crippen molar-refractivity contribution in [3.63, 3.8) is 0 Å². The van der Waals surface area contributed by atoms with Crippen LogP contribution in [0, 0.1) is 0 Å². The van der Waals surface area contributed by atoms with Gasteiger partial charge < -0.3 is 14.6 Å². The first kappa shape index (κ1) is 23.0. The maximum Gasteiger partial charge on any atom is 0.308 e. The molecular formula is C22H19BrN4O5S. The van der Waals surface area contributed by atoms with Crippen molar-refractivity contribution in [2.75, 3.05) is 18.3 Å². The van der Waals surface area contributed by atoms with Crippen LogP contribution in [0.5, 0.6) is 17.4 Å². The van der Waals surface area contributed by atoms with Gasteiger partial charge in [-0.25, -0.2) is 9.88 Å². The molecule has 0 N–H and O–H groups in total. The van der Waals surface area contributed by atoms with E-state index in [0.717, 1.165) is 0 Å². The zero-order chi connectivity index (χ0) is 23.9. The van der Waals surface area contributed by atoms with Crippen molar-refractivity contribution in [1.82, 2.24) is 10.1 Å². The lowest BCUT2D eigenvalue weighted by atomic mass is 10.0. The largest absolute Gasteiger partial charge is 0.854 e. The Labute approximate surface area is 202 Å². The van der Waals surface area contributed by atoms with Gasteiger partial charge in [-0.3, -0.25) is 9.59 Å². The molecule has 1 aromatic heterocycles. The van der Waals surface area contributed by atoms with E-state index in [1.54, 1.807) is 47.6 Å². The number of rotatable bonds is 4. The minimum atomic E-state index is -0.830. The Kier molecular flexibility index (Phi) is 6.26. The second-order valence-corrected chi connectivity index (χ2v) is 8.72. The number of nitrogens with zero attached hydrogens (tertiary/aromatic N) is 4. The standard InChI is InChI=1S/C22H19BrN4O5S/c1-11(28)26-16-8-6-5-7-13(16)19-20(30)24-22(33-4)25-27(19)21(26)14-9-17(31-3)18(10-15(14)23)32-12(2)29/h5-10,21H,1-4H3. The van der Waals surface area contributed by atoms with E-state index in [-0.39, 0.29) is 28.3 Å². The van der Waals surface area contributed by atoms with Crippen LogP contribution in [0.15, 0.2) is 46.0 Å². The van der Waals surface area contributed by atoms with Crippen molar-refractivity contribution in [2.45, 2.75) is 25.2 Å². The van der Waals surface area contributed by atoms with E-state index < -0.39 is 18.0 Å². The number of amides is 1. The monoisotopic (exact) mass is 530 g/mol. The van der Waals surface area contributed by atoms with Crippen LogP contribution in [-0.2, 0) is 9.59 Å². The predicted molar refractivity (Wildman–Crippen MR) is 122 cm³/mol. The van der Waals surface area contributed by atoms with E-state index in [1.165, 1.54) is 37.4 Å². The summed E-state index contributed by atoms with van der Waals surface area (Å²) in [6, 6.07) is 10.4. The molecule has 1 aliphatic rings. The first-order chi connectivity index (χ1) is 15.8. The van der Waals surface area contributed by atoms with E-state index >= 15 is 0 Å². The van der Waals surface area contributed by atoms with Gasteiger partial charge >= 0.3 is 5.97 Å². The van der Waals surface area contributed by atoms with Gasteiger partial charge in [0.25, 0.3) is 17.0 Å². The molecule has 170 valence electrons. The molecule has 0 radical (unpaired) electrons. The first-order valence-electron chi connectivity index (χ1n) is 9.76. The van der Waals surface area contributed by atoms with Gasteiger partial charge in [0, 0.05) is 23.4 Å². The molecule has 33 heavy (non-hydrogen) atoms. The Morgan fingerprint density at radius 3 is 2.58 bits per heavy atom. The minimum Gasteiger partial charge on any atom is -0.854 e. The van der Waals surface area contributed by atoms with E-state index in [2.05, 4.69) is 26.0 Å². The quantitative estimate of drug-likeness (QED) is 0.219. The number of para-hydroxylation sites is 1. The summed E-state index contributed by atoms with van der Waals surface area (Å²) in [5.41, 5.74) is 1.95. The normalized spacial score (nSPS) is 14.3. The Bertz CT molecular complexity index is 1290. The van der Waals surface area contributed by atoms with Crippen molar-refractivity contribution in [2.24, 2.45) is 0 Å². The van der Waals surface area contributed by atoms with Crippen LogP contribution in [0.1, 0.15) is 25.6 Å². The number of hydrogen-bond donors (Lipinski definition) is 0. The number of benzene rings is 2. The molecule has 2 aromatic carbocycles. The lowest BCUT2D eigenvalue weighted by molar-refractivity contribution is -0.764. The molecule has 1 atom stereocenters. The molecule has 0 aliphatic carbocycles. The van der Waals surface area contributed by atoms with Gasteiger partial charge in [-0.2, -0.15) is 0 Å². The zero-order valence-corrected chi connectivity index (χ0v) is 20.6. The number of anilines is 1. The fourth-order valence-electron chi connectivity index (χ4n) is 3.78. The highest BCUT2D eigenvalue weighted by molar-refractivity contribution is 9.10. The van der Waals surface area contributed by atoms with Gasteiger partial charge in [0.1, 0.15) is 0 Å². The van der Waals surface area contributed by atoms with Gasteiger partial charge in [0.15, 0.2) is 11.5 Å². The van der Waals surface area contributed by atoms with E-state index in [1.807, 2.05) is 0 Å². The molecule has 9 nitrogen and oxygen atoms in total. The number of methoxy groups -OCH3 is 1. The molecule has 1 amide bonds. The highest BCUT2D eigenvalue weighted by Crippen LogP contribution is 2.44. The molecule has 0 fully saturated rings. The van der Waals surface area contributed by atoms with Gasteiger partial charge in [0.2, 0.25) is 5.91 Å². The lowest BCUT2D eigenvalue weighted by Crippen LogP contribution is -2.58. The molecule has 1 aliphatic heterocycles. The number of esters is 1. The molecule has 1 unspecified atom stereocenters. The molecule has 0 bridgehead atoms. The number of aromatic nitrogens is 3. The molecule has 3 aromatic rings. The average Bonchev–Trinajstić information content (AvgIpc) is 2.77. The molecule has 0 spiro atoms. The summed E-state index contributed by atoms with van der Waals surface area (Å²) in [6.45, 7) is 2.74. The number of thioether (sulfide) groups is 1. The van der Waals surface area contributed by atoms with Crippen LogP contribution < -0.4 is 24.2 Å². The number of halogens is 1. The van der Waals surface area contributed by atoms with E-state index in [4.69, 9.17) is 9.47 Å². The Balaban J connectivity index is 2.05. The summed E-state index contributed by atoms with van der Waals surface area (Å²) in [5, 5.41) is 17.9. The number of carbonyl (C=O) groups excluding carboxylic acids is 2. The van der Waals surface area contributed by atoms with Crippen molar-refractivity contribution in [3.05, 3.63) is 46.4 Å². The van der Waals surface area contributed by atoms with Crippen molar-refractivity contribution in [1.29, 1.82) is 0 Å². The first-order valence-corrected chi connectivity index (χ1v) is 11.8. The van der Waals surface area contributed by atoms with Gasteiger partial charge in [-0.15, -0.1) is 0 Å². The van der Waals surface area contributed by atoms with Gasteiger partial charge in [-0.05, 0) is 30.5 Å². The highest BCUT2D eigenvalue weighted by atomic mass is 79.9. The summed E-state index contributed by atoms with van der Waals surface area (Å²) < 4.78 is 12.7. The molecule has 11 heteroatoms. The van der Waals surface area contributed by atoms with Crippen LogP contribution in [0.25, 0.3) is 11.3 Å². The predicted octanol–water partition coefficient (Wildman–Crippen LogP) is 2.84. The number of ether oxygens (including phenoxy) is 2. The fraction of sp³-hybridized carbons (Fsp3) is 0.227. The van der Waals surface area contributed by atoms with Crippen LogP contribution >= 0.6 is 27.7 Å². The lowest BCUT2D eigenvalue weighted by Gasteiger charge is -2.33. The summed E-state index contributed by atoms with van der Waals surface area (Å²) in [7, 11) is 1.45. The molecular weight excluding hydrogens is 512 g/mol. The maximum absolute atomic E-state index is 13.1. The van der Waals surface area contributed by atoms with Crippen LogP contribution in [0.2, 0.25) is 0 Å². The van der Waals surface area contributed by atoms with Crippen LogP contribution in [0.3, 0.4) is 0 Å². The van der Waals surface area contributed by atoms with E-state index in [9.17, 15) is 14.7 Å². The summed E-state index contributed by atoms with van der Waals surface area (Å²) in [4.78, 5) is 30.1. The highest BCUT2D eigenvalue weighted by Gasteiger charge is 2.45. The zero-order valence-electron chi connectivity index (χ0n) is 18.2. The van der Waals surface area contributed by atoms with E-state index in [0.29, 0.717) is 21.3 Å². The number of hydrogen-bond acceptors (Lipinski definition) is 8. The second kappa shape index (κ2) is 8.99. The van der Waals surface area contributed by atoms with Gasteiger partial charge in [0.05, 0.1) is 29.8 Å². The Morgan fingerprint density at radius 2 is 1.94 bits per heavy atom. The third-order valence-corrected chi connectivity index (χ3v) is 6.28. The Hall–Kier alpha value is -3.18. The molecule has 2 heterocycles. The third kappa shape index (κ3) is 4.02. The van der Waals surface area contributed by atoms with Crippen LogP contribution in [0.4, 0.5) is 5.69 Å². The van der Waals surface area contributed by atoms with Crippen molar-refractivity contribution >= 4 is 45.3 Å². The van der Waals surface area contributed by atoms with Gasteiger partial charge in [-0.1, -0.05) is 44.5 Å². The number of fused-ring (bicyclic) bond motifs is 3. The number of carbonyl (C=O) groups is 2. The summed E-state index contributed by atoms with van der Waals surface area (Å²) >= 11 is 4.76. The molecule has 0 saturated carbocycles. The van der Waals surface area contributed by atoms with Crippen LogP contribution in [-0.4, -0.2) is 35.3 Å². The summed E-state index contributed by atoms with van der Waals surface area (Å²) in [5.74, 6) is -0.701. The summed E-state index contributed by atoms with van der Waals surface area (Å²) in [6.07, 6.45) is 0.937. The minimum absolute atomic E-state index is 0.216.